The summed E-state index contributed by atoms with van der Waals surface area (Å²) in [5.41, 5.74) is 2.08. The number of hydrogen-bond acceptors (Lipinski definition) is 3. The predicted octanol–water partition coefficient (Wildman–Crippen LogP) is 4.41. The van der Waals surface area contributed by atoms with E-state index in [1.54, 1.807) is 24.3 Å². The molecule has 0 spiro atoms. The monoisotopic (exact) mass is 432 g/mol. The van der Waals surface area contributed by atoms with Crippen LogP contribution in [0.2, 0.25) is 0 Å². The number of halogens is 1. The molecular weight excluding hydrogens is 408 g/mol. The van der Waals surface area contributed by atoms with Crippen molar-refractivity contribution in [1.82, 2.24) is 5.32 Å². The van der Waals surface area contributed by atoms with E-state index in [0.29, 0.717) is 29.5 Å². The summed E-state index contributed by atoms with van der Waals surface area (Å²) < 4.78 is 6.40. The minimum atomic E-state index is -0.328. The van der Waals surface area contributed by atoms with Crippen molar-refractivity contribution in [2.75, 3.05) is 18.5 Å². The summed E-state index contributed by atoms with van der Waals surface area (Å²) in [5.74, 6) is 0.413. The molecular formula is C21H25BrN2O3. The van der Waals surface area contributed by atoms with E-state index >= 15 is 0 Å². The van der Waals surface area contributed by atoms with Gasteiger partial charge >= 0.3 is 0 Å². The molecule has 27 heavy (non-hydrogen) atoms. The summed E-state index contributed by atoms with van der Waals surface area (Å²) in [6.45, 7) is 6.55. The first kappa shape index (κ1) is 21.0. The zero-order chi connectivity index (χ0) is 19.8. The van der Waals surface area contributed by atoms with Crippen LogP contribution in [0.3, 0.4) is 0 Å². The lowest BCUT2D eigenvalue weighted by atomic mass is 10.1. The maximum absolute atomic E-state index is 12.3. The average Bonchev–Trinajstić information content (AvgIpc) is 2.65. The molecule has 0 unspecified atom stereocenters. The molecule has 0 aromatic heterocycles. The molecule has 0 fully saturated rings. The normalized spacial score (nSPS) is 10.6. The molecule has 0 saturated heterocycles. The topological polar surface area (TPSA) is 67.4 Å². The van der Waals surface area contributed by atoms with Crippen LogP contribution in [0.5, 0.6) is 5.75 Å². The Kier molecular flexibility index (Phi) is 7.85. The van der Waals surface area contributed by atoms with Gasteiger partial charge in [0.25, 0.3) is 11.8 Å². The number of nitrogens with one attached hydrogen (secondary N) is 2. The van der Waals surface area contributed by atoms with Crippen LogP contribution >= 0.6 is 15.9 Å². The van der Waals surface area contributed by atoms with Crippen LogP contribution in [0.25, 0.3) is 0 Å². The largest absolute Gasteiger partial charge is 0.483 e. The van der Waals surface area contributed by atoms with Gasteiger partial charge in [-0.2, -0.15) is 0 Å². The SMILES string of the molecule is CCc1ccc(OCC(=O)Nc2ccccc2C(=O)NCC(C)C)c(Br)c1. The summed E-state index contributed by atoms with van der Waals surface area (Å²) in [6, 6.07) is 12.7. The van der Waals surface area contributed by atoms with Gasteiger partial charge in [0.05, 0.1) is 15.7 Å². The van der Waals surface area contributed by atoms with Gasteiger partial charge in [0.1, 0.15) is 5.75 Å². The molecule has 2 N–H and O–H groups in total. The molecule has 2 aromatic carbocycles. The second-order valence-electron chi connectivity index (χ2n) is 6.60. The highest BCUT2D eigenvalue weighted by atomic mass is 79.9. The Morgan fingerprint density at radius 3 is 2.56 bits per heavy atom. The smallest absolute Gasteiger partial charge is 0.262 e. The van der Waals surface area contributed by atoms with Gasteiger partial charge in [-0.1, -0.05) is 39.0 Å². The average molecular weight is 433 g/mol. The fraction of sp³-hybridized carbons (Fsp3) is 0.333. The molecule has 0 aliphatic carbocycles. The third kappa shape index (κ3) is 6.40. The molecule has 0 heterocycles. The third-order valence-electron chi connectivity index (χ3n) is 3.88. The van der Waals surface area contributed by atoms with E-state index in [1.807, 2.05) is 32.0 Å². The number of benzene rings is 2. The van der Waals surface area contributed by atoms with E-state index in [0.717, 1.165) is 10.9 Å². The Morgan fingerprint density at radius 1 is 1.15 bits per heavy atom. The van der Waals surface area contributed by atoms with Crippen LogP contribution in [0.15, 0.2) is 46.9 Å². The number of hydrogen-bond donors (Lipinski definition) is 2. The minimum absolute atomic E-state index is 0.147. The minimum Gasteiger partial charge on any atom is -0.483 e. The third-order valence-corrected chi connectivity index (χ3v) is 4.50. The second kappa shape index (κ2) is 10.1. The van der Waals surface area contributed by atoms with Gasteiger partial charge in [0.15, 0.2) is 6.61 Å². The van der Waals surface area contributed by atoms with Crippen molar-refractivity contribution in [3.63, 3.8) is 0 Å². The maximum Gasteiger partial charge on any atom is 0.262 e. The Labute approximate surface area is 168 Å². The Morgan fingerprint density at radius 2 is 1.89 bits per heavy atom. The molecule has 0 aliphatic heterocycles. The highest BCUT2D eigenvalue weighted by Gasteiger charge is 2.14. The molecule has 6 heteroatoms. The van der Waals surface area contributed by atoms with E-state index in [4.69, 9.17) is 4.74 Å². The number of carbonyl (C=O) groups is 2. The number of aryl methyl sites for hydroxylation is 1. The van der Waals surface area contributed by atoms with Crippen molar-refractivity contribution in [3.05, 3.63) is 58.1 Å². The van der Waals surface area contributed by atoms with E-state index in [9.17, 15) is 9.59 Å². The Hall–Kier alpha value is -2.34. The molecule has 5 nitrogen and oxygen atoms in total. The summed E-state index contributed by atoms with van der Waals surface area (Å²) >= 11 is 3.45. The van der Waals surface area contributed by atoms with Gasteiger partial charge in [0.2, 0.25) is 0 Å². The zero-order valence-electron chi connectivity index (χ0n) is 15.8. The summed E-state index contributed by atoms with van der Waals surface area (Å²) in [6.07, 6.45) is 0.926. The number of amides is 2. The van der Waals surface area contributed by atoms with Crippen molar-refractivity contribution in [3.8, 4) is 5.75 Å². The van der Waals surface area contributed by atoms with E-state index in [1.165, 1.54) is 5.56 Å². The predicted molar refractivity (Wildman–Crippen MR) is 111 cm³/mol. The lowest BCUT2D eigenvalue weighted by Gasteiger charge is -2.13. The van der Waals surface area contributed by atoms with Crippen molar-refractivity contribution >= 4 is 33.4 Å². The molecule has 0 aliphatic rings. The van der Waals surface area contributed by atoms with Crippen LogP contribution in [0, 0.1) is 5.92 Å². The quantitative estimate of drug-likeness (QED) is 0.648. The molecule has 144 valence electrons. The molecule has 2 rings (SSSR count). The second-order valence-corrected chi connectivity index (χ2v) is 7.46. The standard InChI is InChI=1S/C21H25BrN2O3/c1-4-15-9-10-19(17(22)11-15)27-13-20(25)24-18-8-6-5-7-16(18)21(26)23-12-14(2)3/h5-11,14H,4,12-13H2,1-3H3,(H,23,26)(H,24,25). The summed E-state index contributed by atoms with van der Waals surface area (Å²) in [4.78, 5) is 24.6. The molecule has 0 bridgehead atoms. The van der Waals surface area contributed by atoms with E-state index < -0.39 is 0 Å². The first-order valence-electron chi connectivity index (χ1n) is 8.99. The molecule has 2 aromatic rings. The van der Waals surface area contributed by atoms with Crippen LogP contribution in [-0.2, 0) is 11.2 Å². The number of carbonyl (C=O) groups excluding carboxylic acids is 2. The zero-order valence-corrected chi connectivity index (χ0v) is 17.4. The molecule has 0 saturated carbocycles. The number of rotatable bonds is 8. The Balaban J connectivity index is 1.99. The highest BCUT2D eigenvalue weighted by molar-refractivity contribution is 9.10. The van der Waals surface area contributed by atoms with Crippen LogP contribution in [-0.4, -0.2) is 25.0 Å². The molecule has 2 amide bonds. The van der Waals surface area contributed by atoms with Gasteiger partial charge in [-0.15, -0.1) is 0 Å². The van der Waals surface area contributed by atoms with Gasteiger partial charge in [-0.25, -0.2) is 0 Å². The number of para-hydroxylation sites is 1. The summed E-state index contributed by atoms with van der Waals surface area (Å²) in [7, 11) is 0. The lowest BCUT2D eigenvalue weighted by Crippen LogP contribution is -2.29. The Bertz CT molecular complexity index is 806. The van der Waals surface area contributed by atoms with Crippen molar-refractivity contribution in [2.24, 2.45) is 5.92 Å². The van der Waals surface area contributed by atoms with Crippen LogP contribution in [0.1, 0.15) is 36.7 Å². The van der Waals surface area contributed by atoms with Gasteiger partial charge in [-0.05, 0) is 58.1 Å². The molecule has 0 radical (unpaired) electrons. The first-order chi connectivity index (χ1) is 12.9. The first-order valence-corrected chi connectivity index (χ1v) is 9.78. The van der Waals surface area contributed by atoms with E-state index in [2.05, 4.69) is 33.5 Å². The van der Waals surface area contributed by atoms with Gasteiger partial charge < -0.3 is 15.4 Å². The van der Waals surface area contributed by atoms with Crippen molar-refractivity contribution in [2.45, 2.75) is 27.2 Å². The summed E-state index contributed by atoms with van der Waals surface area (Å²) in [5, 5.41) is 5.61. The molecule has 0 atom stereocenters. The van der Waals surface area contributed by atoms with Crippen LogP contribution < -0.4 is 15.4 Å². The number of anilines is 1. The van der Waals surface area contributed by atoms with Gasteiger partial charge in [0, 0.05) is 6.54 Å². The highest BCUT2D eigenvalue weighted by Crippen LogP contribution is 2.26. The number of ether oxygens (including phenoxy) is 1. The van der Waals surface area contributed by atoms with Crippen molar-refractivity contribution < 1.29 is 14.3 Å². The van der Waals surface area contributed by atoms with Gasteiger partial charge in [-0.3, -0.25) is 9.59 Å². The lowest BCUT2D eigenvalue weighted by molar-refractivity contribution is -0.118. The van der Waals surface area contributed by atoms with E-state index in [-0.39, 0.29) is 18.4 Å². The van der Waals surface area contributed by atoms with Crippen molar-refractivity contribution in [1.29, 1.82) is 0 Å². The maximum atomic E-state index is 12.3. The fourth-order valence-electron chi connectivity index (χ4n) is 2.39. The fourth-order valence-corrected chi connectivity index (χ4v) is 2.93. The van der Waals surface area contributed by atoms with Crippen LogP contribution in [0.4, 0.5) is 5.69 Å².